The van der Waals surface area contributed by atoms with E-state index in [9.17, 15) is 13.2 Å². The maximum absolute atomic E-state index is 12.0. The quantitative estimate of drug-likeness (QED) is 0.785. The molecule has 18 heavy (non-hydrogen) atoms. The molecule has 1 aliphatic heterocycles. The first-order chi connectivity index (χ1) is 8.42. The molecule has 0 aromatic heterocycles. The Morgan fingerprint density at radius 3 is 2.61 bits per heavy atom. The van der Waals surface area contributed by atoms with Gasteiger partial charge in [0.2, 0.25) is 5.91 Å². The second-order valence-corrected chi connectivity index (χ2v) is 7.95. The van der Waals surface area contributed by atoms with E-state index < -0.39 is 15.1 Å². The average Bonchev–Trinajstić information content (AvgIpc) is 3.10. The summed E-state index contributed by atoms with van der Waals surface area (Å²) < 4.78 is 23.4. The predicted molar refractivity (Wildman–Crippen MR) is 70.0 cm³/mol. The summed E-state index contributed by atoms with van der Waals surface area (Å²) in [6.07, 6.45) is 2.52. The summed E-state index contributed by atoms with van der Waals surface area (Å²) in [6, 6.07) is -0.223. The maximum atomic E-state index is 12.0. The van der Waals surface area contributed by atoms with Crippen LogP contribution in [0.15, 0.2) is 0 Å². The number of sulfone groups is 1. The van der Waals surface area contributed by atoms with Crippen LogP contribution in [-0.2, 0) is 14.6 Å². The second-order valence-electron chi connectivity index (χ2n) is 5.47. The lowest BCUT2D eigenvalue weighted by atomic mass is 10.2. The van der Waals surface area contributed by atoms with Crippen molar-refractivity contribution in [3.05, 3.63) is 0 Å². The minimum Gasteiger partial charge on any atom is -0.337 e. The summed E-state index contributed by atoms with van der Waals surface area (Å²) in [5.41, 5.74) is 0. The van der Waals surface area contributed by atoms with E-state index in [-0.39, 0.29) is 17.7 Å². The summed E-state index contributed by atoms with van der Waals surface area (Å²) in [5, 5.41) is 2.70. The maximum Gasteiger partial charge on any atom is 0.236 e. The number of hydrogen-bond acceptors (Lipinski definition) is 4. The Morgan fingerprint density at radius 2 is 2.00 bits per heavy atom. The predicted octanol–water partition coefficient (Wildman–Crippen LogP) is 0.0200. The van der Waals surface area contributed by atoms with E-state index in [4.69, 9.17) is 0 Å². The number of carbonyl (C=O) groups is 1. The van der Waals surface area contributed by atoms with Gasteiger partial charge in [-0.05, 0) is 39.2 Å². The van der Waals surface area contributed by atoms with Gasteiger partial charge < -0.3 is 10.2 Å². The second kappa shape index (κ2) is 5.17. The molecule has 5 nitrogen and oxygen atoms in total. The number of carbonyl (C=O) groups excluding carboxylic acids is 1. The Bertz CT molecular complexity index is 417. The van der Waals surface area contributed by atoms with Crippen LogP contribution in [0.2, 0.25) is 0 Å². The fourth-order valence-corrected chi connectivity index (χ4v) is 3.90. The van der Waals surface area contributed by atoms with Crippen molar-refractivity contribution in [3.8, 4) is 0 Å². The largest absolute Gasteiger partial charge is 0.337 e. The van der Waals surface area contributed by atoms with Gasteiger partial charge in [-0.15, -0.1) is 0 Å². The zero-order valence-electron chi connectivity index (χ0n) is 11.1. The molecule has 0 bridgehead atoms. The molecule has 1 saturated heterocycles. The highest BCUT2D eigenvalue weighted by Gasteiger charge is 2.37. The van der Waals surface area contributed by atoms with Crippen molar-refractivity contribution in [2.24, 2.45) is 5.92 Å². The monoisotopic (exact) mass is 274 g/mol. The molecule has 2 fully saturated rings. The number of nitrogens with one attached hydrogen (secondary N) is 1. The van der Waals surface area contributed by atoms with Gasteiger partial charge >= 0.3 is 0 Å². The van der Waals surface area contributed by atoms with Crippen LogP contribution < -0.4 is 5.32 Å². The molecule has 2 atom stereocenters. The smallest absolute Gasteiger partial charge is 0.236 e. The van der Waals surface area contributed by atoms with Gasteiger partial charge in [-0.3, -0.25) is 4.79 Å². The number of rotatable bonds is 4. The highest BCUT2D eigenvalue weighted by atomic mass is 32.2. The molecule has 6 heteroatoms. The van der Waals surface area contributed by atoms with Gasteiger partial charge in [0, 0.05) is 12.6 Å². The highest BCUT2D eigenvalue weighted by Crippen LogP contribution is 2.27. The number of amides is 1. The third kappa shape index (κ3) is 3.03. The lowest BCUT2D eigenvalue weighted by Crippen LogP contribution is -2.56. The lowest BCUT2D eigenvalue weighted by Gasteiger charge is -2.37. The van der Waals surface area contributed by atoms with Gasteiger partial charge in [0.15, 0.2) is 9.84 Å². The standard InChI is InChI=1S/C12H22N2O3S/c1-9-10(2)18(16,17)6-5-14(9)12(15)8-13-7-11-3-4-11/h9-11,13H,3-8H2,1-2H3. The SMILES string of the molecule is CC1C(C)S(=O)(=O)CCN1C(=O)CNCC1CC1. The van der Waals surface area contributed by atoms with Gasteiger partial charge in [-0.2, -0.15) is 0 Å². The zero-order valence-corrected chi connectivity index (χ0v) is 11.9. The first kappa shape index (κ1) is 13.8. The summed E-state index contributed by atoms with van der Waals surface area (Å²) >= 11 is 0. The minimum absolute atomic E-state index is 0.0184. The summed E-state index contributed by atoms with van der Waals surface area (Å²) in [7, 11) is -3.02. The molecular formula is C12H22N2O3S. The van der Waals surface area contributed by atoms with Crippen molar-refractivity contribution in [1.82, 2.24) is 10.2 Å². The van der Waals surface area contributed by atoms with E-state index in [2.05, 4.69) is 5.32 Å². The van der Waals surface area contributed by atoms with E-state index in [1.165, 1.54) is 12.8 Å². The van der Waals surface area contributed by atoms with Gasteiger partial charge in [-0.1, -0.05) is 0 Å². The molecule has 0 aromatic carbocycles. The van der Waals surface area contributed by atoms with Crippen molar-refractivity contribution >= 4 is 15.7 Å². The van der Waals surface area contributed by atoms with Crippen molar-refractivity contribution in [2.45, 2.75) is 38.0 Å². The van der Waals surface area contributed by atoms with E-state index in [0.717, 1.165) is 12.5 Å². The third-order valence-corrected chi connectivity index (χ3v) is 6.36. The van der Waals surface area contributed by atoms with Crippen LogP contribution >= 0.6 is 0 Å². The molecule has 2 unspecified atom stereocenters. The van der Waals surface area contributed by atoms with E-state index in [1.807, 2.05) is 6.92 Å². The summed E-state index contributed by atoms with van der Waals surface area (Å²) in [5.74, 6) is 0.855. The molecule has 0 radical (unpaired) electrons. The first-order valence-corrected chi connectivity index (χ1v) is 8.35. The van der Waals surface area contributed by atoms with Crippen LogP contribution in [0.1, 0.15) is 26.7 Å². The van der Waals surface area contributed by atoms with Gasteiger partial charge in [0.25, 0.3) is 0 Å². The normalized spacial score (nSPS) is 31.3. The van der Waals surface area contributed by atoms with Gasteiger partial charge in [0.05, 0.1) is 17.5 Å². The Balaban J connectivity index is 1.85. The number of hydrogen-bond donors (Lipinski definition) is 1. The molecule has 0 aromatic rings. The summed E-state index contributed by atoms with van der Waals surface area (Å²) in [4.78, 5) is 13.7. The molecule has 1 heterocycles. The van der Waals surface area contributed by atoms with Crippen molar-refractivity contribution in [2.75, 3.05) is 25.4 Å². The fraction of sp³-hybridized carbons (Fsp3) is 0.917. The Morgan fingerprint density at radius 1 is 1.33 bits per heavy atom. The highest BCUT2D eigenvalue weighted by molar-refractivity contribution is 7.92. The van der Waals surface area contributed by atoms with Crippen LogP contribution in [0, 0.1) is 5.92 Å². The van der Waals surface area contributed by atoms with Crippen LogP contribution in [-0.4, -0.2) is 55.9 Å². The van der Waals surface area contributed by atoms with E-state index >= 15 is 0 Å². The number of nitrogens with zero attached hydrogens (tertiary/aromatic N) is 1. The third-order valence-electron chi connectivity index (χ3n) is 4.08. The van der Waals surface area contributed by atoms with Crippen molar-refractivity contribution < 1.29 is 13.2 Å². The van der Waals surface area contributed by atoms with Crippen molar-refractivity contribution in [3.63, 3.8) is 0 Å². The van der Waals surface area contributed by atoms with Gasteiger partial charge in [0.1, 0.15) is 0 Å². The molecule has 2 aliphatic rings. The van der Waals surface area contributed by atoms with Crippen LogP contribution in [0.25, 0.3) is 0 Å². The Labute approximate surface area is 109 Å². The van der Waals surface area contributed by atoms with Crippen LogP contribution in [0.4, 0.5) is 0 Å². The molecule has 1 aliphatic carbocycles. The Hall–Kier alpha value is -0.620. The molecule has 1 N–H and O–H groups in total. The molecule has 104 valence electrons. The van der Waals surface area contributed by atoms with Gasteiger partial charge in [-0.25, -0.2) is 8.42 Å². The summed E-state index contributed by atoms with van der Waals surface area (Å²) in [6.45, 7) is 5.07. The topological polar surface area (TPSA) is 66.5 Å². The molecular weight excluding hydrogens is 252 g/mol. The fourth-order valence-electron chi connectivity index (χ4n) is 2.33. The van der Waals surface area contributed by atoms with E-state index in [1.54, 1.807) is 11.8 Å². The first-order valence-electron chi connectivity index (χ1n) is 6.63. The minimum atomic E-state index is -3.02. The lowest BCUT2D eigenvalue weighted by molar-refractivity contribution is -0.132. The average molecular weight is 274 g/mol. The molecule has 1 amide bonds. The molecule has 2 rings (SSSR count). The van der Waals surface area contributed by atoms with Crippen molar-refractivity contribution in [1.29, 1.82) is 0 Å². The zero-order chi connectivity index (χ0) is 13.3. The Kier molecular flexibility index (Phi) is 3.96. The molecule has 1 saturated carbocycles. The molecule has 0 spiro atoms. The van der Waals surface area contributed by atoms with Crippen LogP contribution in [0.3, 0.4) is 0 Å². The van der Waals surface area contributed by atoms with Crippen LogP contribution in [0.5, 0.6) is 0 Å². The van der Waals surface area contributed by atoms with E-state index in [0.29, 0.717) is 13.1 Å².